The minimum Gasteiger partial charge on any atom is -0.484 e. The van der Waals surface area contributed by atoms with Gasteiger partial charge < -0.3 is 14.5 Å². The number of aryl methyl sites for hydroxylation is 1. The molecule has 172 valence electrons. The van der Waals surface area contributed by atoms with Crippen LogP contribution in [0.5, 0.6) is 5.75 Å². The highest BCUT2D eigenvalue weighted by atomic mass is 32.2. The summed E-state index contributed by atoms with van der Waals surface area (Å²) in [5.41, 5.74) is 4.35. The van der Waals surface area contributed by atoms with Gasteiger partial charge in [-0.2, -0.15) is 10.2 Å². The third-order valence-electron chi connectivity index (χ3n) is 4.87. The van der Waals surface area contributed by atoms with Gasteiger partial charge in [-0.15, -0.1) is 10.2 Å². The molecule has 1 N–H and O–H groups in total. The largest absolute Gasteiger partial charge is 0.484 e. The summed E-state index contributed by atoms with van der Waals surface area (Å²) < 4.78 is 11.3. The lowest BCUT2D eigenvalue weighted by atomic mass is 10.1. The highest BCUT2D eigenvalue weighted by molar-refractivity contribution is 7.99. The molecule has 1 aromatic heterocycles. The second-order valence-electron chi connectivity index (χ2n) is 7.37. The molecule has 4 rings (SSSR count). The normalized spacial score (nSPS) is 11.0. The van der Waals surface area contributed by atoms with Crippen LogP contribution in [0.4, 0.5) is 17.1 Å². The number of benzene rings is 3. The van der Waals surface area contributed by atoms with Gasteiger partial charge in [-0.05, 0) is 67.4 Å². The third kappa shape index (κ3) is 6.52. The monoisotopic (exact) mass is 473 g/mol. The van der Waals surface area contributed by atoms with Crippen LogP contribution < -0.4 is 10.1 Å². The second-order valence-corrected chi connectivity index (χ2v) is 8.29. The topological polar surface area (TPSA) is 102 Å². The van der Waals surface area contributed by atoms with E-state index in [1.807, 2.05) is 62.4 Å². The minimum atomic E-state index is -0.185. The molecular formula is C25H23N5O3S. The Morgan fingerprint density at radius 2 is 1.68 bits per heavy atom. The lowest BCUT2D eigenvalue weighted by Crippen LogP contribution is -2.13. The van der Waals surface area contributed by atoms with E-state index >= 15 is 0 Å². The number of carbonyl (C=O) groups is 1. The summed E-state index contributed by atoms with van der Waals surface area (Å²) in [4.78, 5) is 12.3. The predicted molar refractivity (Wildman–Crippen MR) is 131 cm³/mol. The Morgan fingerprint density at radius 3 is 2.44 bits per heavy atom. The van der Waals surface area contributed by atoms with Gasteiger partial charge in [0.2, 0.25) is 5.91 Å². The Balaban J connectivity index is 1.23. The number of rotatable bonds is 9. The van der Waals surface area contributed by atoms with Crippen molar-refractivity contribution in [2.24, 2.45) is 10.2 Å². The first kappa shape index (κ1) is 23.2. The molecule has 0 atom stereocenters. The molecule has 34 heavy (non-hydrogen) atoms. The molecule has 9 heteroatoms. The molecule has 0 fully saturated rings. The van der Waals surface area contributed by atoms with E-state index in [1.54, 1.807) is 24.3 Å². The molecule has 0 aliphatic carbocycles. The predicted octanol–water partition coefficient (Wildman–Crippen LogP) is 6.41. The molecular weight excluding hydrogens is 450 g/mol. The van der Waals surface area contributed by atoms with Crippen LogP contribution >= 0.6 is 11.8 Å². The number of azo groups is 1. The zero-order valence-electron chi connectivity index (χ0n) is 18.8. The van der Waals surface area contributed by atoms with Crippen LogP contribution in [0.3, 0.4) is 0 Å². The standard InChI is InChI=1S/C25H23N5O3S/c1-17-7-6-10-22(18(17)2)32-15-24-29-30-25(33-24)34-16-23(31)26-19-11-13-21(14-12-19)28-27-20-8-4-3-5-9-20/h3-14H,15-16H2,1-2H3,(H,26,31). The summed E-state index contributed by atoms with van der Waals surface area (Å²) in [6, 6.07) is 22.5. The van der Waals surface area contributed by atoms with E-state index in [9.17, 15) is 4.79 Å². The van der Waals surface area contributed by atoms with Crippen molar-refractivity contribution in [2.75, 3.05) is 11.1 Å². The molecule has 0 unspecified atom stereocenters. The van der Waals surface area contributed by atoms with Crippen molar-refractivity contribution in [3.8, 4) is 5.75 Å². The Kier molecular flexibility index (Phi) is 7.67. The van der Waals surface area contributed by atoms with Crippen LogP contribution in [-0.4, -0.2) is 21.9 Å². The van der Waals surface area contributed by atoms with Gasteiger partial charge >= 0.3 is 0 Å². The molecule has 3 aromatic carbocycles. The Labute approximate surface area is 201 Å². The smallest absolute Gasteiger partial charge is 0.277 e. The molecule has 8 nitrogen and oxygen atoms in total. The van der Waals surface area contributed by atoms with E-state index < -0.39 is 0 Å². The fourth-order valence-electron chi connectivity index (χ4n) is 2.92. The van der Waals surface area contributed by atoms with E-state index in [-0.39, 0.29) is 18.3 Å². The van der Waals surface area contributed by atoms with Gasteiger partial charge in [-0.3, -0.25) is 4.79 Å². The lowest BCUT2D eigenvalue weighted by Gasteiger charge is -2.08. The average Bonchev–Trinajstić information content (AvgIpc) is 3.32. The van der Waals surface area contributed by atoms with Crippen LogP contribution in [0.15, 0.2) is 92.7 Å². The summed E-state index contributed by atoms with van der Waals surface area (Å²) in [5.74, 6) is 1.08. The molecule has 4 aromatic rings. The number of nitrogens with one attached hydrogen (secondary N) is 1. The van der Waals surface area contributed by atoms with Crippen molar-refractivity contribution in [2.45, 2.75) is 25.7 Å². The summed E-state index contributed by atoms with van der Waals surface area (Å²) in [7, 11) is 0. The first-order valence-electron chi connectivity index (χ1n) is 10.6. The maximum atomic E-state index is 12.3. The number of aromatic nitrogens is 2. The fourth-order valence-corrected chi connectivity index (χ4v) is 3.50. The highest BCUT2D eigenvalue weighted by Crippen LogP contribution is 2.23. The van der Waals surface area contributed by atoms with Gasteiger partial charge in [-0.25, -0.2) is 0 Å². The van der Waals surface area contributed by atoms with E-state index in [1.165, 1.54) is 0 Å². The maximum absolute atomic E-state index is 12.3. The molecule has 1 heterocycles. The Bertz CT molecular complexity index is 1270. The van der Waals surface area contributed by atoms with Crippen molar-refractivity contribution in [3.63, 3.8) is 0 Å². The van der Waals surface area contributed by atoms with Gasteiger partial charge in [0.25, 0.3) is 11.1 Å². The zero-order chi connectivity index (χ0) is 23.8. The van der Waals surface area contributed by atoms with Gasteiger partial charge in [0, 0.05) is 5.69 Å². The lowest BCUT2D eigenvalue weighted by molar-refractivity contribution is -0.113. The van der Waals surface area contributed by atoms with Crippen molar-refractivity contribution in [1.29, 1.82) is 0 Å². The van der Waals surface area contributed by atoms with E-state index in [2.05, 4.69) is 25.7 Å². The highest BCUT2D eigenvalue weighted by Gasteiger charge is 2.11. The van der Waals surface area contributed by atoms with Crippen LogP contribution in [0, 0.1) is 13.8 Å². The molecule has 0 saturated heterocycles. The quantitative estimate of drug-likeness (QED) is 0.223. The minimum absolute atomic E-state index is 0.134. The zero-order valence-corrected chi connectivity index (χ0v) is 19.6. The molecule has 1 amide bonds. The van der Waals surface area contributed by atoms with Gasteiger partial charge in [0.15, 0.2) is 6.61 Å². The van der Waals surface area contributed by atoms with E-state index in [0.29, 0.717) is 22.5 Å². The number of thioether (sulfide) groups is 1. The van der Waals surface area contributed by atoms with Crippen LogP contribution in [0.1, 0.15) is 17.0 Å². The number of ether oxygens (including phenoxy) is 1. The van der Waals surface area contributed by atoms with Crippen LogP contribution in [-0.2, 0) is 11.4 Å². The molecule has 0 bridgehead atoms. The van der Waals surface area contributed by atoms with Gasteiger partial charge in [-0.1, -0.05) is 42.1 Å². The molecule has 0 aliphatic heterocycles. The van der Waals surface area contributed by atoms with Gasteiger partial charge in [0.1, 0.15) is 5.75 Å². The average molecular weight is 474 g/mol. The molecule has 0 spiro atoms. The fraction of sp³-hybridized carbons (Fsp3) is 0.160. The summed E-state index contributed by atoms with van der Waals surface area (Å²) in [6.45, 7) is 4.19. The van der Waals surface area contributed by atoms with E-state index in [0.717, 1.165) is 34.3 Å². The van der Waals surface area contributed by atoms with Crippen molar-refractivity contribution in [3.05, 3.63) is 89.8 Å². The summed E-state index contributed by atoms with van der Waals surface area (Å²) in [5, 5.41) is 19.5. The molecule has 0 aliphatic rings. The van der Waals surface area contributed by atoms with Crippen molar-refractivity contribution in [1.82, 2.24) is 10.2 Å². The Morgan fingerprint density at radius 1 is 0.941 bits per heavy atom. The second kappa shape index (κ2) is 11.2. The molecule has 0 saturated carbocycles. The number of hydrogen-bond acceptors (Lipinski definition) is 8. The van der Waals surface area contributed by atoms with Crippen molar-refractivity contribution < 1.29 is 13.9 Å². The SMILES string of the molecule is Cc1cccc(OCc2nnc(SCC(=O)Nc3ccc(N=Nc4ccccc4)cc3)o2)c1C. The number of anilines is 1. The van der Waals surface area contributed by atoms with Crippen LogP contribution in [0.25, 0.3) is 0 Å². The number of amides is 1. The number of hydrogen-bond donors (Lipinski definition) is 1. The third-order valence-corrected chi connectivity index (χ3v) is 5.69. The van der Waals surface area contributed by atoms with Crippen LogP contribution in [0.2, 0.25) is 0 Å². The number of carbonyl (C=O) groups excluding carboxylic acids is 1. The van der Waals surface area contributed by atoms with Crippen molar-refractivity contribution >= 4 is 34.7 Å². The first-order chi connectivity index (χ1) is 16.6. The van der Waals surface area contributed by atoms with Gasteiger partial charge in [0.05, 0.1) is 17.1 Å². The maximum Gasteiger partial charge on any atom is 0.277 e. The Hall–Kier alpha value is -3.98. The first-order valence-corrected chi connectivity index (χ1v) is 11.6. The summed E-state index contributed by atoms with van der Waals surface area (Å²) >= 11 is 1.16. The molecule has 0 radical (unpaired) electrons. The number of nitrogens with zero attached hydrogens (tertiary/aromatic N) is 4. The summed E-state index contributed by atoms with van der Waals surface area (Å²) in [6.07, 6.45) is 0. The van der Waals surface area contributed by atoms with E-state index in [4.69, 9.17) is 9.15 Å².